The van der Waals surface area contributed by atoms with Crippen LogP contribution in [0.2, 0.25) is 0 Å². The highest BCUT2D eigenvalue weighted by Crippen LogP contribution is 2.34. The summed E-state index contributed by atoms with van der Waals surface area (Å²) in [5, 5.41) is 2.92. The number of carbonyl (C=O) groups excluding carboxylic acids is 1. The third-order valence-electron chi connectivity index (χ3n) is 4.26. The van der Waals surface area contributed by atoms with Gasteiger partial charge < -0.3 is 24.3 Å². The molecule has 1 amide bonds. The Bertz CT molecular complexity index is 794. The summed E-state index contributed by atoms with van der Waals surface area (Å²) in [7, 11) is 8.25. The number of methoxy groups -OCH3 is 4. The third kappa shape index (κ3) is 5.79. The summed E-state index contributed by atoms with van der Waals surface area (Å²) in [4.78, 5) is 14.3. The van der Waals surface area contributed by atoms with E-state index in [2.05, 4.69) is 5.32 Å². The number of likely N-dealkylation sites (N-methyl/N-ethyl adjacent to an activating group) is 1. The van der Waals surface area contributed by atoms with E-state index in [1.54, 1.807) is 40.6 Å². The molecule has 0 aliphatic rings. The van der Waals surface area contributed by atoms with Gasteiger partial charge in [-0.2, -0.15) is 0 Å². The molecule has 152 valence electrons. The fourth-order valence-corrected chi connectivity index (χ4v) is 2.86. The van der Waals surface area contributed by atoms with Gasteiger partial charge in [-0.15, -0.1) is 0 Å². The van der Waals surface area contributed by atoms with Crippen molar-refractivity contribution in [1.29, 1.82) is 0 Å². The van der Waals surface area contributed by atoms with Gasteiger partial charge in [0, 0.05) is 24.7 Å². The molecule has 7 nitrogen and oxygen atoms in total. The molecule has 0 aliphatic carbocycles. The average Bonchev–Trinajstić information content (AvgIpc) is 2.71. The van der Waals surface area contributed by atoms with Gasteiger partial charge in [0.15, 0.2) is 11.5 Å². The lowest BCUT2D eigenvalue weighted by Crippen LogP contribution is -2.34. The summed E-state index contributed by atoms with van der Waals surface area (Å²) < 4.78 is 21.2. The van der Waals surface area contributed by atoms with Crippen LogP contribution in [-0.4, -0.2) is 52.8 Å². The first-order chi connectivity index (χ1) is 13.5. The smallest absolute Gasteiger partial charge is 0.234 e. The Balaban J connectivity index is 1.94. The normalized spacial score (nSPS) is 10.5. The quantitative estimate of drug-likeness (QED) is 0.674. The number of amides is 1. The maximum absolute atomic E-state index is 12.3. The first-order valence-corrected chi connectivity index (χ1v) is 8.87. The van der Waals surface area contributed by atoms with E-state index in [0.29, 0.717) is 30.3 Å². The molecule has 2 aromatic rings. The second-order valence-corrected chi connectivity index (χ2v) is 6.32. The Morgan fingerprint density at radius 1 is 0.929 bits per heavy atom. The molecule has 0 radical (unpaired) electrons. The number of hydrogen-bond acceptors (Lipinski definition) is 6. The van der Waals surface area contributed by atoms with Crippen LogP contribution in [0.4, 0.5) is 0 Å². The molecule has 2 aromatic carbocycles. The first-order valence-electron chi connectivity index (χ1n) is 8.87. The van der Waals surface area contributed by atoms with Crippen LogP contribution in [0.3, 0.4) is 0 Å². The summed E-state index contributed by atoms with van der Waals surface area (Å²) in [5.41, 5.74) is 1.89. The number of hydrogen-bond donors (Lipinski definition) is 1. The minimum Gasteiger partial charge on any atom is -0.497 e. The number of rotatable bonds is 10. The second-order valence-electron chi connectivity index (χ2n) is 6.32. The van der Waals surface area contributed by atoms with E-state index in [0.717, 1.165) is 16.9 Å². The predicted octanol–water partition coefficient (Wildman–Crippen LogP) is 2.47. The first kappa shape index (κ1) is 21.4. The Hall–Kier alpha value is -2.93. The molecule has 0 saturated carbocycles. The molecule has 0 heterocycles. The minimum absolute atomic E-state index is 0.0813. The standard InChI is InChI=1S/C21H28N2O5/c1-23(13-15-7-6-8-17(9-15)25-2)14-21(24)22-12-16-10-19(27-4)20(28-5)11-18(16)26-3/h6-11H,12-14H2,1-5H3,(H,22,24). The summed E-state index contributed by atoms with van der Waals surface area (Å²) in [5.74, 6) is 2.51. The lowest BCUT2D eigenvalue weighted by Gasteiger charge is -2.18. The van der Waals surface area contributed by atoms with Gasteiger partial charge in [-0.1, -0.05) is 12.1 Å². The molecule has 1 N–H and O–H groups in total. The lowest BCUT2D eigenvalue weighted by molar-refractivity contribution is -0.122. The summed E-state index contributed by atoms with van der Waals surface area (Å²) in [6, 6.07) is 11.3. The SMILES string of the molecule is COc1cccc(CN(C)CC(=O)NCc2cc(OC)c(OC)cc2OC)c1. The fourth-order valence-electron chi connectivity index (χ4n) is 2.86. The molecule has 0 fully saturated rings. The number of carbonyl (C=O) groups is 1. The maximum Gasteiger partial charge on any atom is 0.234 e. The fraction of sp³-hybridized carbons (Fsp3) is 0.381. The van der Waals surface area contributed by atoms with Crippen LogP contribution in [0.1, 0.15) is 11.1 Å². The van der Waals surface area contributed by atoms with Gasteiger partial charge in [-0.25, -0.2) is 0 Å². The third-order valence-corrected chi connectivity index (χ3v) is 4.26. The lowest BCUT2D eigenvalue weighted by atomic mass is 10.1. The van der Waals surface area contributed by atoms with E-state index in [1.807, 2.05) is 36.2 Å². The highest BCUT2D eigenvalue weighted by molar-refractivity contribution is 5.78. The van der Waals surface area contributed by atoms with Crippen molar-refractivity contribution in [1.82, 2.24) is 10.2 Å². The zero-order valence-electron chi connectivity index (χ0n) is 17.1. The highest BCUT2D eigenvalue weighted by Gasteiger charge is 2.13. The van der Waals surface area contributed by atoms with Crippen molar-refractivity contribution in [3.8, 4) is 23.0 Å². The van der Waals surface area contributed by atoms with Crippen molar-refractivity contribution in [2.75, 3.05) is 42.0 Å². The number of nitrogens with one attached hydrogen (secondary N) is 1. The largest absolute Gasteiger partial charge is 0.497 e. The Labute approximate surface area is 166 Å². The molecule has 0 spiro atoms. The van der Waals surface area contributed by atoms with E-state index in [-0.39, 0.29) is 12.5 Å². The van der Waals surface area contributed by atoms with Crippen molar-refractivity contribution >= 4 is 5.91 Å². The molecular formula is C21H28N2O5. The van der Waals surface area contributed by atoms with Crippen molar-refractivity contribution in [3.05, 3.63) is 47.5 Å². The topological polar surface area (TPSA) is 69.3 Å². The predicted molar refractivity (Wildman–Crippen MR) is 107 cm³/mol. The van der Waals surface area contributed by atoms with Crippen molar-refractivity contribution < 1.29 is 23.7 Å². The van der Waals surface area contributed by atoms with Crippen LogP contribution < -0.4 is 24.3 Å². The molecule has 0 aromatic heterocycles. The average molecular weight is 388 g/mol. The van der Waals surface area contributed by atoms with E-state index in [9.17, 15) is 4.79 Å². The molecule has 28 heavy (non-hydrogen) atoms. The van der Waals surface area contributed by atoms with Gasteiger partial charge in [-0.3, -0.25) is 9.69 Å². The van der Waals surface area contributed by atoms with Gasteiger partial charge in [-0.05, 0) is 30.8 Å². The monoisotopic (exact) mass is 388 g/mol. The van der Waals surface area contributed by atoms with Crippen LogP contribution in [0.5, 0.6) is 23.0 Å². The number of nitrogens with zero attached hydrogens (tertiary/aromatic N) is 1. The van der Waals surface area contributed by atoms with Crippen LogP contribution in [0, 0.1) is 0 Å². The molecule has 0 saturated heterocycles. The minimum atomic E-state index is -0.0813. The summed E-state index contributed by atoms with van der Waals surface area (Å²) >= 11 is 0. The van der Waals surface area contributed by atoms with E-state index < -0.39 is 0 Å². The molecular weight excluding hydrogens is 360 g/mol. The van der Waals surface area contributed by atoms with Gasteiger partial charge in [0.25, 0.3) is 0 Å². The van der Waals surface area contributed by atoms with E-state index >= 15 is 0 Å². The molecule has 0 bridgehead atoms. The molecule has 7 heteroatoms. The molecule has 2 rings (SSSR count). The Kier molecular flexibility index (Phi) is 7.95. The van der Waals surface area contributed by atoms with Crippen LogP contribution in [0.25, 0.3) is 0 Å². The molecule has 0 aliphatic heterocycles. The van der Waals surface area contributed by atoms with Crippen LogP contribution in [0.15, 0.2) is 36.4 Å². The van der Waals surface area contributed by atoms with Crippen LogP contribution >= 0.6 is 0 Å². The summed E-state index contributed by atoms with van der Waals surface area (Å²) in [6.07, 6.45) is 0. The Morgan fingerprint density at radius 3 is 2.25 bits per heavy atom. The van der Waals surface area contributed by atoms with Gasteiger partial charge in [0.05, 0.1) is 35.0 Å². The summed E-state index contributed by atoms with van der Waals surface area (Å²) in [6.45, 7) is 1.24. The molecule has 0 unspecified atom stereocenters. The van der Waals surface area contributed by atoms with Crippen molar-refractivity contribution in [2.45, 2.75) is 13.1 Å². The van der Waals surface area contributed by atoms with Crippen molar-refractivity contribution in [3.63, 3.8) is 0 Å². The van der Waals surface area contributed by atoms with Crippen molar-refractivity contribution in [2.24, 2.45) is 0 Å². The number of ether oxygens (including phenoxy) is 4. The second kappa shape index (κ2) is 10.4. The van der Waals surface area contributed by atoms with E-state index in [1.165, 1.54) is 0 Å². The molecule has 0 atom stereocenters. The Morgan fingerprint density at radius 2 is 1.61 bits per heavy atom. The number of benzene rings is 2. The van der Waals surface area contributed by atoms with E-state index in [4.69, 9.17) is 18.9 Å². The van der Waals surface area contributed by atoms with Gasteiger partial charge >= 0.3 is 0 Å². The van der Waals surface area contributed by atoms with Gasteiger partial charge in [0.1, 0.15) is 11.5 Å². The van der Waals surface area contributed by atoms with Gasteiger partial charge in [0.2, 0.25) is 5.91 Å². The maximum atomic E-state index is 12.3. The van der Waals surface area contributed by atoms with Crippen LogP contribution in [-0.2, 0) is 17.9 Å². The highest BCUT2D eigenvalue weighted by atomic mass is 16.5. The zero-order valence-corrected chi connectivity index (χ0v) is 17.1. The zero-order chi connectivity index (χ0) is 20.5.